The molecule has 1 aromatic rings. The van der Waals surface area contributed by atoms with Crippen LogP contribution < -0.4 is 10.0 Å². The molecule has 9 nitrogen and oxygen atoms in total. The number of nitrogens with one attached hydrogen (secondary N) is 2. The number of benzene rings is 1. The van der Waals surface area contributed by atoms with Gasteiger partial charge in [0.1, 0.15) is 11.6 Å². The zero-order chi connectivity index (χ0) is 25.1. The van der Waals surface area contributed by atoms with Gasteiger partial charge in [0.25, 0.3) is 5.91 Å². The molecule has 10 heteroatoms. The van der Waals surface area contributed by atoms with Gasteiger partial charge in [0.05, 0.1) is 6.26 Å². The number of anilines is 1. The minimum absolute atomic E-state index is 0.0626. The van der Waals surface area contributed by atoms with Crippen LogP contribution in [0.15, 0.2) is 24.3 Å². The maximum absolute atomic E-state index is 13.4. The summed E-state index contributed by atoms with van der Waals surface area (Å²) in [4.78, 5) is 39.9. The summed E-state index contributed by atoms with van der Waals surface area (Å²) < 4.78 is 30.0. The quantitative estimate of drug-likeness (QED) is 0.647. The predicted octanol–water partition coefficient (Wildman–Crippen LogP) is 3.52. The van der Waals surface area contributed by atoms with Crippen molar-refractivity contribution in [3.05, 3.63) is 29.8 Å². The van der Waals surface area contributed by atoms with E-state index in [0.717, 1.165) is 38.4 Å². The Morgan fingerprint density at radius 3 is 2.18 bits per heavy atom. The molecule has 2 atom stereocenters. The Morgan fingerprint density at radius 1 is 1.00 bits per heavy atom. The third-order valence-electron chi connectivity index (χ3n) is 6.29. The van der Waals surface area contributed by atoms with Gasteiger partial charge in [-0.05, 0) is 63.3 Å². The molecule has 3 rings (SSSR count). The van der Waals surface area contributed by atoms with Crippen molar-refractivity contribution in [2.24, 2.45) is 11.8 Å². The second kappa shape index (κ2) is 10.3. The Balaban J connectivity index is 1.77. The van der Waals surface area contributed by atoms with Gasteiger partial charge in [0.15, 0.2) is 0 Å². The molecule has 1 aromatic carbocycles. The molecule has 0 spiro atoms. The first-order valence-electron chi connectivity index (χ1n) is 11.8. The zero-order valence-corrected chi connectivity index (χ0v) is 21.1. The first-order chi connectivity index (χ1) is 15.8. The highest BCUT2D eigenvalue weighted by Gasteiger charge is 2.46. The van der Waals surface area contributed by atoms with Crippen molar-refractivity contribution in [3.63, 3.8) is 0 Å². The molecule has 3 amide bonds. The van der Waals surface area contributed by atoms with Crippen LogP contribution in [0.25, 0.3) is 0 Å². The number of carbonyl (C=O) groups excluding carboxylic acids is 3. The lowest BCUT2D eigenvalue weighted by Gasteiger charge is -2.34. The van der Waals surface area contributed by atoms with Crippen molar-refractivity contribution in [2.45, 2.75) is 70.9 Å². The largest absolute Gasteiger partial charge is 0.444 e. The summed E-state index contributed by atoms with van der Waals surface area (Å²) in [6.07, 6.45) is 6.76. The van der Waals surface area contributed by atoms with Crippen molar-refractivity contribution in [1.29, 1.82) is 0 Å². The summed E-state index contributed by atoms with van der Waals surface area (Å²) in [6.45, 7) is 5.88. The molecule has 188 valence electrons. The van der Waals surface area contributed by atoms with E-state index in [4.69, 9.17) is 4.74 Å². The lowest BCUT2D eigenvalue weighted by molar-refractivity contribution is -0.122. The standard InChI is InChI=1S/C24H35N3O6S/c1-24(2,3)33-23(30)27-15-14-19(16-8-6-5-7-9-16)20(27)22(29)25-18-12-10-17(11-13-18)21(28)26-34(4,31)32/h10-13,16,19-20H,5-9,14-15H2,1-4H3,(H,25,29)(H,26,28)/t19-,20-/m0/s1. The highest BCUT2D eigenvalue weighted by atomic mass is 32.2. The van der Waals surface area contributed by atoms with Crippen LogP contribution in [0, 0.1) is 11.8 Å². The van der Waals surface area contributed by atoms with Gasteiger partial charge in [-0.3, -0.25) is 14.5 Å². The Kier molecular flexibility index (Phi) is 7.90. The van der Waals surface area contributed by atoms with E-state index in [1.165, 1.54) is 30.7 Å². The van der Waals surface area contributed by atoms with Crippen LogP contribution >= 0.6 is 0 Å². The van der Waals surface area contributed by atoms with Crippen LogP contribution in [0.2, 0.25) is 0 Å². The topological polar surface area (TPSA) is 122 Å². The summed E-state index contributed by atoms with van der Waals surface area (Å²) in [5, 5.41) is 2.88. The number of nitrogens with zero attached hydrogens (tertiary/aromatic N) is 1. The summed E-state index contributed by atoms with van der Waals surface area (Å²) in [7, 11) is -3.67. The van der Waals surface area contributed by atoms with Crippen molar-refractivity contribution >= 4 is 33.6 Å². The Labute approximate surface area is 201 Å². The molecule has 1 saturated heterocycles. The van der Waals surface area contributed by atoms with Gasteiger partial charge >= 0.3 is 6.09 Å². The average molecular weight is 494 g/mol. The van der Waals surface area contributed by atoms with E-state index in [0.29, 0.717) is 18.2 Å². The van der Waals surface area contributed by atoms with E-state index in [9.17, 15) is 22.8 Å². The Morgan fingerprint density at radius 2 is 1.62 bits per heavy atom. The van der Waals surface area contributed by atoms with Gasteiger partial charge in [-0.1, -0.05) is 32.1 Å². The van der Waals surface area contributed by atoms with Crippen LogP contribution in [0.5, 0.6) is 0 Å². The fraction of sp³-hybridized carbons (Fsp3) is 0.625. The van der Waals surface area contributed by atoms with E-state index >= 15 is 0 Å². The summed E-state index contributed by atoms with van der Waals surface area (Å²) in [5.74, 6) is -0.580. The van der Waals surface area contributed by atoms with E-state index in [-0.39, 0.29) is 17.4 Å². The van der Waals surface area contributed by atoms with Crippen LogP contribution in [-0.2, 0) is 19.6 Å². The number of ether oxygens (including phenoxy) is 1. The summed E-state index contributed by atoms with van der Waals surface area (Å²) in [5.41, 5.74) is -0.0530. The van der Waals surface area contributed by atoms with Gasteiger partial charge in [-0.15, -0.1) is 0 Å². The molecule has 1 heterocycles. The minimum Gasteiger partial charge on any atom is -0.444 e. The van der Waals surface area contributed by atoms with Gasteiger partial charge < -0.3 is 10.1 Å². The zero-order valence-electron chi connectivity index (χ0n) is 20.3. The highest BCUT2D eigenvalue weighted by Crippen LogP contribution is 2.39. The van der Waals surface area contributed by atoms with Gasteiger partial charge in [0.2, 0.25) is 15.9 Å². The molecule has 0 aromatic heterocycles. The van der Waals surface area contributed by atoms with E-state index in [1.807, 2.05) is 4.72 Å². The first-order valence-corrected chi connectivity index (χ1v) is 13.7. The molecule has 1 aliphatic carbocycles. The number of rotatable bonds is 5. The molecule has 0 unspecified atom stereocenters. The number of amides is 3. The second-order valence-electron chi connectivity index (χ2n) is 10.2. The molecular weight excluding hydrogens is 458 g/mol. The lowest BCUT2D eigenvalue weighted by Crippen LogP contribution is -2.49. The smallest absolute Gasteiger partial charge is 0.410 e. The fourth-order valence-corrected chi connectivity index (χ4v) is 5.34. The minimum atomic E-state index is -3.67. The van der Waals surface area contributed by atoms with Crippen LogP contribution in [0.1, 0.15) is 69.7 Å². The third-order valence-corrected chi connectivity index (χ3v) is 6.85. The lowest BCUT2D eigenvalue weighted by atomic mass is 9.76. The molecule has 34 heavy (non-hydrogen) atoms. The number of hydrogen-bond acceptors (Lipinski definition) is 6. The number of carbonyl (C=O) groups is 3. The van der Waals surface area contributed by atoms with E-state index in [2.05, 4.69) is 5.32 Å². The highest BCUT2D eigenvalue weighted by molar-refractivity contribution is 7.89. The van der Waals surface area contributed by atoms with Crippen molar-refractivity contribution in [3.8, 4) is 0 Å². The summed E-state index contributed by atoms with van der Waals surface area (Å²) in [6, 6.07) is 5.32. The predicted molar refractivity (Wildman–Crippen MR) is 129 cm³/mol. The third kappa shape index (κ3) is 6.94. The molecule has 1 saturated carbocycles. The molecule has 0 radical (unpaired) electrons. The number of likely N-dealkylation sites (tertiary alicyclic amines) is 1. The molecule has 1 aliphatic heterocycles. The van der Waals surface area contributed by atoms with Crippen molar-refractivity contribution < 1.29 is 27.5 Å². The molecule has 2 N–H and O–H groups in total. The monoisotopic (exact) mass is 493 g/mol. The molecule has 2 aliphatic rings. The maximum atomic E-state index is 13.4. The number of hydrogen-bond donors (Lipinski definition) is 2. The first kappa shape index (κ1) is 26.0. The average Bonchev–Trinajstić information content (AvgIpc) is 3.18. The van der Waals surface area contributed by atoms with E-state index < -0.39 is 33.7 Å². The fourth-order valence-electron chi connectivity index (χ4n) is 4.88. The molecule has 0 bridgehead atoms. The summed E-state index contributed by atoms with van der Waals surface area (Å²) >= 11 is 0. The van der Waals surface area contributed by atoms with Crippen LogP contribution in [-0.4, -0.2) is 55.7 Å². The van der Waals surface area contributed by atoms with E-state index in [1.54, 1.807) is 25.7 Å². The Hall–Kier alpha value is -2.62. The maximum Gasteiger partial charge on any atom is 0.410 e. The van der Waals surface area contributed by atoms with Crippen molar-refractivity contribution in [2.75, 3.05) is 18.1 Å². The number of sulfonamides is 1. The Bertz CT molecular complexity index is 1010. The van der Waals surface area contributed by atoms with Gasteiger partial charge in [-0.2, -0.15) is 0 Å². The normalized spacial score (nSPS) is 21.7. The second-order valence-corrected chi connectivity index (χ2v) is 12.0. The molecule has 2 fully saturated rings. The van der Waals surface area contributed by atoms with Crippen LogP contribution in [0.4, 0.5) is 10.5 Å². The van der Waals surface area contributed by atoms with Gasteiger partial charge in [-0.25, -0.2) is 17.9 Å². The van der Waals surface area contributed by atoms with Gasteiger partial charge in [0, 0.05) is 17.8 Å². The SMILES string of the molecule is CC(C)(C)OC(=O)N1CC[C@@H](C2CCCCC2)[C@H]1C(=O)Nc1ccc(C(=O)NS(C)(=O)=O)cc1. The molecular formula is C24H35N3O6S. The van der Waals surface area contributed by atoms with Crippen molar-refractivity contribution in [1.82, 2.24) is 9.62 Å². The van der Waals surface area contributed by atoms with Crippen LogP contribution in [0.3, 0.4) is 0 Å².